The normalized spacial score (nSPS) is 10.6. The van der Waals surface area contributed by atoms with Gasteiger partial charge >= 0.3 is 0 Å². The Morgan fingerprint density at radius 3 is 1.27 bits per heavy atom. The van der Waals surface area contributed by atoms with E-state index in [-0.39, 0.29) is 5.57 Å². The zero-order valence-electron chi connectivity index (χ0n) is 24.3. The molecule has 0 aliphatic rings. The van der Waals surface area contributed by atoms with E-state index in [0.29, 0.717) is 0 Å². The summed E-state index contributed by atoms with van der Waals surface area (Å²) in [7, 11) is 0. The van der Waals surface area contributed by atoms with Gasteiger partial charge in [0.15, 0.2) is 0 Å². The molecule has 1 rings (SSSR count). The van der Waals surface area contributed by atoms with Crippen molar-refractivity contribution in [2.24, 2.45) is 0 Å². The van der Waals surface area contributed by atoms with Gasteiger partial charge in [0.25, 0.3) is 0 Å². The van der Waals surface area contributed by atoms with E-state index >= 15 is 0 Å². The van der Waals surface area contributed by atoms with Gasteiger partial charge in [0.1, 0.15) is 17.7 Å². The number of nitrogens with zero attached hydrogens (tertiary/aromatic N) is 3. The fourth-order valence-corrected chi connectivity index (χ4v) is 4.99. The molecular formula is C34H55N3. The molecule has 0 fully saturated rings. The molecule has 0 saturated heterocycles. The highest BCUT2D eigenvalue weighted by molar-refractivity contribution is 5.64. The van der Waals surface area contributed by atoms with Gasteiger partial charge in [-0.1, -0.05) is 142 Å². The van der Waals surface area contributed by atoms with Crippen LogP contribution in [0.15, 0.2) is 29.8 Å². The van der Waals surface area contributed by atoms with Gasteiger partial charge in [-0.2, -0.15) is 10.5 Å². The Morgan fingerprint density at radius 1 is 0.568 bits per heavy atom. The van der Waals surface area contributed by atoms with Crippen molar-refractivity contribution in [1.82, 2.24) is 0 Å². The summed E-state index contributed by atoms with van der Waals surface area (Å²) in [6.07, 6.45) is 29.0. The molecule has 0 bridgehead atoms. The SMILES string of the molecule is CCCCCCCCCCCCN(CCCCCCCCCCCC)c1ccc(C=C(C#N)C#N)cc1. The van der Waals surface area contributed by atoms with Gasteiger partial charge in [-0.05, 0) is 36.6 Å². The zero-order valence-corrected chi connectivity index (χ0v) is 24.3. The lowest BCUT2D eigenvalue weighted by molar-refractivity contribution is 0.543. The molecule has 37 heavy (non-hydrogen) atoms. The average molecular weight is 506 g/mol. The quantitative estimate of drug-likeness (QED) is 0.104. The minimum atomic E-state index is 0.153. The fourth-order valence-electron chi connectivity index (χ4n) is 4.99. The Hall–Kier alpha value is -2.26. The summed E-state index contributed by atoms with van der Waals surface area (Å²) in [4.78, 5) is 2.55. The number of benzene rings is 1. The highest BCUT2D eigenvalue weighted by atomic mass is 15.1. The van der Waals surface area contributed by atoms with Crippen molar-refractivity contribution in [3.8, 4) is 12.1 Å². The molecule has 206 valence electrons. The van der Waals surface area contributed by atoms with Crippen LogP contribution in [0.2, 0.25) is 0 Å². The standard InChI is InChI=1S/C34H55N3/c1-3-5-7-9-11-13-15-17-19-21-27-37(28-22-20-18-16-14-12-10-8-6-4-2)34-25-23-32(24-26-34)29-33(30-35)31-36/h23-26,29H,3-22,27-28H2,1-2H3. The van der Waals surface area contributed by atoms with Gasteiger partial charge < -0.3 is 4.90 Å². The summed E-state index contributed by atoms with van der Waals surface area (Å²) >= 11 is 0. The van der Waals surface area contributed by atoms with Crippen molar-refractivity contribution in [3.63, 3.8) is 0 Å². The topological polar surface area (TPSA) is 50.8 Å². The van der Waals surface area contributed by atoms with Crippen LogP contribution in [0.4, 0.5) is 5.69 Å². The van der Waals surface area contributed by atoms with Crippen molar-refractivity contribution in [3.05, 3.63) is 35.4 Å². The molecular weight excluding hydrogens is 450 g/mol. The lowest BCUT2D eigenvalue weighted by atomic mass is 10.1. The predicted molar refractivity (Wildman–Crippen MR) is 162 cm³/mol. The number of unbranched alkanes of at least 4 members (excludes halogenated alkanes) is 18. The van der Waals surface area contributed by atoms with Crippen LogP contribution < -0.4 is 4.90 Å². The molecule has 0 aliphatic carbocycles. The molecule has 1 aromatic rings. The zero-order chi connectivity index (χ0) is 26.8. The smallest absolute Gasteiger partial charge is 0.130 e. The Morgan fingerprint density at radius 2 is 0.919 bits per heavy atom. The van der Waals surface area contributed by atoms with Crippen molar-refractivity contribution in [1.29, 1.82) is 10.5 Å². The van der Waals surface area contributed by atoms with Crippen molar-refractivity contribution in [2.75, 3.05) is 18.0 Å². The Bertz CT molecular complexity index is 726. The summed E-state index contributed by atoms with van der Waals surface area (Å²) in [6.45, 7) is 6.80. The Labute approximate surface area is 230 Å². The van der Waals surface area contributed by atoms with Crippen molar-refractivity contribution >= 4 is 11.8 Å². The van der Waals surface area contributed by atoms with Crippen LogP contribution in [0, 0.1) is 22.7 Å². The van der Waals surface area contributed by atoms with Crippen LogP contribution in [0.5, 0.6) is 0 Å². The maximum Gasteiger partial charge on any atom is 0.130 e. The molecule has 0 spiro atoms. The second-order valence-electron chi connectivity index (χ2n) is 10.7. The minimum absolute atomic E-state index is 0.153. The maximum atomic E-state index is 9.03. The third kappa shape index (κ3) is 17.8. The number of nitriles is 2. The monoisotopic (exact) mass is 505 g/mol. The molecule has 0 atom stereocenters. The first-order chi connectivity index (χ1) is 18.2. The Balaban J connectivity index is 2.43. The number of allylic oxidation sites excluding steroid dienone is 1. The van der Waals surface area contributed by atoms with Gasteiger partial charge in [0, 0.05) is 18.8 Å². The number of hydrogen-bond donors (Lipinski definition) is 0. The summed E-state index contributed by atoms with van der Waals surface area (Å²) in [5, 5.41) is 18.1. The second-order valence-corrected chi connectivity index (χ2v) is 10.7. The van der Waals surface area contributed by atoms with Crippen LogP contribution in [0.3, 0.4) is 0 Å². The number of anilines is 1. The van der Waals surface area contributed by atoms with Crippen molar-refractivity contribution < 1.29 is 0 Å². The first-order valence-electron chi connectivity index (χ1n) is 15.6. The molecule has 0 radical (unpaired) electrons. The summed E-state index contributed by atoms with van der Waals surface area (Å²) in [6, 6.07) is 12.3. The van der Waals surface area contributed by atoms with Crippen LogP contribution in [-0.2, 0) is 0 Å². The van der Waals surface area contributed by atoms with E-state index in [1.807, 2.05) is 24.3 Å². The average Bonchev–Trinajstić information content (AvgIpc) is 2.93. The maximum absolute atomic E-state index is 9.03. The van der Waals surface area contributed by atoms with Crippen molar-refractivity contribution in [2.45, 2.75) is 142 Å². The van der Waals surface area contributed by atoms with Gasteiger partial charge in [0.05, 0.1) is 0 Å². The molecule has 0 aromatic heterocycles. The van der Waals surface area contributed by atoms with Gasteiger partial charge in [-0.15, -0.1) is 0 Å². The van der Waals surface area contributed by atoms with Gasteiger partial charge in [0.2, 0.25) is 0 Å². The van der Waals surface area contributed by atoms with E-state index in [1.165, 1.54) is 134 Å². The summed E-state index contributed by atoms with van der Waals surface area (Å²) < 4.78 is 0. The van der Waals surface area contributed by atoms with E-state index in [0.717, 1.165) is 18.7 Å². The molecule has 0 amide bonds. The lowest BCUT2D eigenvalue weighted by Crippen LogP contribution is -2.25. The van der Waals surface area contributed by atoms with Crippen LogP contribution >= 0.6 is 0 Å². The Kier molecular flexibility index (Phi) is 21.3. The van der Waals surface area contributed by atoms with E-state index in [2.05, 4.69) is 30.9 Å². The van der Waals surface area contributed by atoms with E-state index in [1.54, 1.807) is 6.08 Å². The molecule has 0 heterocycles. The third-order valence-corrected chi connectivity index (χ3v) is 7.37. The third-order valence-electron chi connectivity index (χ3n) is 7.37. The van der Waals surface area contributed by atoms with Crippen LogP contribution in [0.25, 0.3) is 6.08 Å². The summed E-state index contributed by atoms with van der Waals surface area (Å²) in [5.41, 5.74) is 2.33. The van der Waals surface area contributed by atoms with Gasteiger partial charge in [-0.25, -0.2) is 0 Å². The van der Waals surface area contributed by atoms with E-state index in [9.17, 15) is 0 Å². The van der Waals surface area contributed by atoms with E-state index < -0.39 is 0 Å². The lowest BCUT2D eigenvalue weighted by Gasteiger charge is -2.25. The highest BCUT2D eigenvalue weighted by Gasteiger charge is 2.07. The molecule has 3 heteroatoms. The van der Waals surface area contributed by atoms with Gasteiger partial charge in [-0.3, -0.25) is 0 Å². The molecule has 0 saturated carbocycles. The number of rotatable bonds is 24. The summed E-state index contributed by atoms with van der Waals surface area (Å²) in [5.74, 6) is 0. The molecule has 3 nitrogen and oxygen atoms in total. The highest BCUT2D eigenvalue weighted by Crippen LogP contribution is 2.20. The molecule has 0 N–H and O–H groups in total. The largest absolute Gasteiger partial charge is 0.372 e. The first-order valence-corrected chi connectivity index (χ1v) is 15.6. The minimum Gasteiger partial charge on any atom is -0.372 e. The van der Waals surface area contributed by atoms with Crippen LogP contribution in [0.1, 0.15) is 148 Å². The van der Waals surface area contributed by atoms with Crippen LogP contribution in [-0.4, -0.2) is 13.1 Å². The van der Waals surface area contributed by atoms with E-state index in [4.69, 9.17) is 10.5 Å². The predicted octanol–water partition coefficient (Wildman–Crippen LogP) is 10.8. The molecule has 0 aliphatic heterocycles. The second kappa shape index (κ2) is 24.1. The molecule has 0 unspecified atom stereocenters. The first kappa shape index (κ1) is 32.8. The molecule has 1 aromatic carbocycles. The fraction of sp³-hybridized carbons (Fsp3) is 0.706. The number of hydrogen-bond acceptors (Lipinski definition) is 3.